The Balaban J connectivity index is 3.46. The molecule has 0 radical (unpaired) electrons. The Kier molecular flexibility index (Phi) is 55.0. The molecule has 1 amide bonds. The Morgan fingerprint density at radius 1 is 0.409 bits per heavy atom. The molecular formula is C60H117NO5. The second kappa shape index (κ2) is 56.2. The first-order valence-electron chi connectivity index (χ1n) is 29.9. The number of ether oxygens (including phenoxy) is 1. The minimum Gasteiger partial charge on any atom is -0.466 e. The zero-order valence-electron chi connectivity index (χ0n) is 44.7. The lowest BCUT2D eigenvalue weighted by molar-refractivity contribution is -0.143. The zero-order valence-corrected chi connectivity index (χ0v) is 44.7. The van der Waals surface area contributed by atoms with Gasteiger partial charge < -0.3 is 20.3 Å². The van der Waals surface area contributed by atoms with Crippen LogP contribution in [-0.4, -0.2) is 47.4 Å². The predicted molar refractivity (Wildman–Crippen MR) is 287 cm³/mol. The average Bonchev–Trinajstić information content (AvgIpc) is 3.32. The largest absolute Gasteiger partial charge is 0.466 e. The lowest BCUT2D eigenvalue weighted by Crippen LogP contribution is -2.45. The number of carbonyl (C=O) groups excluding carboxylic acids is 2. The standard InChI is InChI=1S/C60H117NO5/c1-3-5-7-9-11-13-15-17-19-21-23-25-28-32-36-40-44-48-52-58(63)57(56-62)61-59(64)53-49-45-41-37-33-29-27-31-35-39-43-47-51-55-66-60(65)54-50-46-42-38-34-30-26-24-22-20-18-16-14-12-10-8-6-4-2/h29,33,57-58,62-63H,3-28,30-32,34-56H2,1-2H3,(H,61,64)/b33-29-. The predicted octanol–water partition coefficient (Wildman–Crippen LogP) is 18.5. The molecule has 2 unspecified atom stereocenters. The maximum atomic E-state index is 12.5. The summed E-state index contributed by atoms with van der Waals surface area (Å²) in [7, 11) is 0. The van der Waals surface area contributed by atoms with E-state index in [1.54, 1.807) is 0 Å². The smallest absolute Gasteiger partial charge is 0.305 e. The fourth-order valence-electron chi connectivity index (χ4n) is 9.46. The number of nitrogens with one attached hydrogen (secondary N) is 1. The first kappa shape index (κ1) is 64.6. The zero-order chi connectivity index (χ0) is 47.9. The third-order valence-electron chi connectivity index (χ3n) is 14.1. The fourth-order valence-corrected chi connectivity index (χ4v) is 9.46. The molecule has 0 aromatic heterocycles. The molecular weight excluding hydrogens is 815 g/mol. The van der Waals surface area contributed by atoms with Gasteiger partial charge in [0.25, 0.3) is 0 Å². The SMILES string of the molecule is CCCCCCCCCCCCCCCCCCCCC(=O)OCCCCCCCC/C=C\CCCCCC(=O)NC(CO)C(O)CCCCCCCCCCCCCCCCCCCC. The van der Waals surface area contributed by atoms with Gasteiger partial charge in [-0.15, -0.1) is 0 Å². The third kappa shape index (κ3) is 52.0. The lowest BCUT2D eigenvalue weighted by atomic mass is 10.0. The van der Waals surface area contributed by atoms with E-state index < -0.39 is 12.1 Å². The van der Waals surface area contributed by atoms with Gasteiger partial charge in [-0.25, -0.2) is 0 Å². The maximum Gasteiger partial charge on any atom is 0.305 e. The van der Waals surface area contributed by atoms with Crippen molar-refractivity contribution in [1.29, 1.82) is 0 Å². The van der Waals surface area contributed by atoms with Crippen LogP contribution in [-0.2, 0) is 14.3 Å². The molecule has 6 heteroatoms. The number of hydrogen-bond donors (Lipinski definition) is 3. The molecule has 0 aromatic rings. The first-order chi connectivity index (χ1) is 32.5. The van der Waals surface area contributed by atoms with Crippen LogP contribution in [0.15, 0.2) is 12.2 Å². The third-order valence-corrected chi connectivity index (χ3v) is 14.1. The average molecular weight is 933 g/mol. The van der Waals surface area contributed by atoms with E-state index in [0.717, 1.165) is 70.6 Å². The molecule has 2 atom stereocenters. The van der Waals surface area contributed by atoms with E-state index in [2.05, 4.69) is 31.3 Å². The summed E-state index contributed by atoms with van der Waals surface area (Å²) in [5, 5.41) is 23.3. The van der Waals surface area contributed by atoms with Crippen molar-refractivity contribution in [2.45, 2.75) is 347 Å². The van der Waals surface area contributed by atoms with Crippen LogP contribution in [0.5, 0.6) is 0 Å². The van der Waals surface area contributed by atoms with Gasteiger partial charge in [-0.3, -0.25) is 9.59 Å². The molecule has 0 bridgehead atoms. The molecule has 3 N–H and O–H groups in total. The summed E-state index contributed by atoms with van der Waals surface area (Å²) in [4.78, 5) is 24.6. The Labute approximate surface area is 412 Å². The first-order valence-corrected chi connectivity index (χ1v) is 29.9. The van der Waals surface area contributed by atoms with Crippen molar-refractivity contribution in [3.8, 4) is 0 Å². The lowest BCUT2D eigenvalue weighted by Gasteiger charge is -2.22. The quantitative estimate of drug-likeness (QED) is 0.0321. The second-order valence-corrected chi connectivity index (χ2v) is 20.7. The molecule has 392 valence electrons. The Hall–Kier alpha value is -1.40. The number of aliphatic hydroxyl groups is 2. The highest BCUT2D eigenvalue weighted by molar-refractivity contribution is 5.76. The summed E-state index contributed by atoms with van der Waals surface area (Å²) < 4.78 is 5.48. The van der Waals surface area contributed by atoms with Crippen LogP contribution >= 0.6 is 0 Å². The van der Waals surface area contributed by atoms with Crippen LogP contribution in [0, 0.1) is 0 Å². The summed E-state index contributed by atoms with van der Waals surface area (Å²) in [6.45, 7) is 4.94. The van der Waals surface area contributed by atoms with Gasteiger partial charge in [-0.05, 0) is 51.4 Å². The number of aliphatic hydroxyl groups excluding tert-OH is 2. The van der Waals surface area contributed by atoms with Crippen molar-refractivity contribution < 1.29 is 24.5 Å². The molecule has 0 fully saturated rings. The Bertz CT molecular complexity index is 986. The minimum absolute atomic E-state index is 0.00728. The van der Waals surface area contributed by atoms with Crippen LogP contribution in [0.3, 0.4) is 0 Å². The van der Waals surface area contributed by atoms with Crippen molar-refractivity contribution in [1.82, 2.24) is 5.32 Å². The number of esters is 1. The van der Waals surface area contributed by atoms with E-state index in [1.165, 1.54) is 231 Å². The topological polar surface area (TPSA) is 95.9 Å². The van der Waals surface area contributed by atoms with Gasteiger partial charge in [0.2, 0.25) is 5.91 Å². The molecule has 0 rings (SSSR count). The number of rotatable bonds is 56. The molecule has 0 aromatic carbocycles. The maximum absolute atomic E-state index is 12.5. The summed E-state index contributed by atoms with van der Waals surface area (Å²) in [5.41, 5.74) is 0. The fraction of sp³-hybridized carbons (Fsp3) is 0.933. The van der Waals surface area contributed by atoms with Crippen LogP contribution in [0.25, 0.3) is 0 Å². The van der Waals surface area contributed by atoms with E-state index >= 15 is 0 Å². The van der Waals surface area contributed by atoms with Crippen LogP contribution in [0.4, 0.5) is 0 Å². The van der Waals surface area contributed by atoms with Crippen molar-refractivity contribution >= 4 is 11.9 Å². The van der Waals surface area contributed by atoms with E-state index in [-0.39, 0.29) is 18.5 Å². The Morgan fingerprint density at radius 3 is 1.09 bits per heavy atom. The molecule has 66 heavy (non-hydrogen) atoms. The van der Waals surface area contributed by atoms with E-state index in [4.69, 9.17) is 4.74 Å². The molecule has 0 saturated heterocycles. The number of carbonyl (C=O) groups is 2. The molecule has 0 saturated carbocycles. The van der Waals surface area contributed by atoms with Crippen molar-refractivity contribution in [2.75, 3.05) is 13.2 Å². The van der Waals surface area contributed by atoms with Gasteiger partial charge in [0.15, 0.2) is 0 Å². The summed E-state index contributed by atoms with van der Waals surface area (Å²) in [5.74, 6) is -0.0689. The molecule has 0 aliphatic heterocycles. The van der Waals surface area contributed by atoms with Gasteiger partial charge in [0.05, 0.1) is 25.4 Å². The molecule has 0 aliphatic carbocycles. The second-order valence-electron chi connectivity index (χ2n) is 20.7. The van der Waals surface area contributed by atoms with Crippen LogP contribution in [0.2, 0.25) is 0 Å². The van der Waals surface area contributed by atoms with Crippen molar-refractivity contribution in [2.24, 2.45) is 0 Å². The van der Waals surface area contributed by atoms with Gasteiger partial charge in [0, 0.05) is 12.8 Å². The normalized spacial score (nSPS) is 12.6. The number of amides is 1. The minimum atomic E-state index is -0.681. The van der Waals surface area contributed by atoms with Crippen LogP contribution in [0.1, 0.15) is 335 Å². The number of hydrogen-bond acceptors (Lipinski definition) is 5. The van der Waals surface area contributed by atoms with Gasteiger partial charge >= 0.3 is 5.97 Å². The summed E-state index contributed by atoms with van der Waals surface area (Å²) >= 11 is 0. The number of allylic oxidation sites excluding steroid dienone is 2. The number of unbranched alkanes of at least 4 members (excludes halogenated alkanes) is 43. The molecule has 0 aliphatic rings. The molecule has 0 spiro atoms. The van der Waals surface area contributed by atoms with Gasteiger partial charge in [-0.2, -0.15) is 0 Å². The molecule has 0 heterocycles. The van der Waals surface area contributed by atoms with Crippen molar-refractivity contribution in [3.63, 3.8) is 0 Å². The van der Waals surface area contributed by atoms with E-state index in [0.29, 0.717) is 25.9 Å². The molecule has 6 nitrogen and oxygen atoms in total. The van der Waals surface area contributed by atoms with E-state index in [9.17, 15) is 19.8 Å². The highest BCUT2D eigenvalue weighted by Gasteiger charge is 2.20. The highest BCUT2D eigenvalue weighted by Crippen LogP contribution is 2.18. The van der Waals surface area contributed by atoms with Gasteiger partial charge in [-0.1, -0.05) is 283 Å². The monoisotopic (exact) mass is 932 g/mol. The Morgan fingerprint density at radius 2 is 0.712 bits per heavy atom. The van der Waals surface area contributed by atoms with Crippen molar-refractivity contribution in [3.05, 3.63) is 12.2 Å². The highest BCUT2D eigenvalue weighted by atomic mass is 16.5. The van der Waals surface area contributed by atoms with Crippen LogP contribution < -0.4 is 5.32 Å². The van der Waals surface area contributed by atoms with Gasteiger partial charge in [0.1, 0.15) is 0 Å². The van der Waals surface area contributed by atoms with E-state index in [1.807, 2.05) is 0 Å². The summed E-state index contributed by atoms with van der Waals surface area (Å²) in [6.07, 6.45) is 66.3. The summed E-state index contributed by atoms with van der Waals surface area (Å²) in [6, 6.07) is -0.561.